The summed E-state index contributed by atoms with van der Waals surface area (Å²) in [5.41, 5.74) is 6.22. The Morgan fingerprint density at radius 3 is 2.15 bits per heavy atom. The average molecular weight is 338 g/mol. The second-order valence-electron chi connectivity index (χ2n) is 6.11. The smallest absolute Gasteiger partial charge is 0.0716 e. The SMILES string of the molecule is C=N/C(=C\C(=NCc1ccccc1)c1cccc(C)c1)c1ccccc1. The number of aryl methyl sites for hydroxylation is 1. The number of hydrogen-bond acceptors (Lipinski definition) is 2. The predicted molar refractivity (Wildman–Crippen MR) is 112 cm³/mol. The van der Waals surface area contributed by atoms with Crippen LogP contribution in [0.25, 0.3) is 5.70 Å². The molecule has 0 heterocycles. The molecule has 3 aromatic carbocycles. The van der Waals surface area contributed by atoms with Crippen LogP contribution in [0, 0.1) is 6.92 Å². The fraction of sp³-hybridized carbons (Fsp3) is 0.0833. The molecule has 0 fully saturated rings. The minimum Gasteiger partial charge on any atom is -0.280 e. The number of aliphatic imine (C=N–C) groups is 2. The fourth-order valence-corrected chi connectivity index (χ4v) is 2.74. The molecule has 128 valence electrons. The third-order valence-electron chi connectivity index (χ3n) is 4.10. The van der Waals surface area contributed by atoms with Gasteiger partial charge in [0, 0.05) is 11.1 Å². The van der Waals surface area contributed by atoms with Crippen LogP contribution in [0.1, 0.15) is 22.3 Å². The molecule has 0 spiro atoms. The maximum absolute atomic E-state index is 4.87. The van der Waals surface area contributed by atoms with Crippen LogP contribution in [0.2, 0.25) is 0 Å². The second kappa shape index (κ2) is 8.72. The van der Waals surface area contributed by atoms with Crippen molar-refractivity contribution in [2.24, 2.45) is 9.98 Å². The van der Waals surface area contributed by atoms with Gasteiger partial charge in [-0.1, -0.05) is 84.4 Å². The summed E-state index contributed by atoms with van der Waals surface area (Å²) in [5.74, 6) is 0. The second-order valence-corrected chi connectivity index (χ2v) is 6.11. The van der Waals surface area contributed by atoms with E-state index in [0.29, 0.717) is 6.54 Å². The summed E-state index contributed by atoms with van der Waals surface area (Å²) >= 11 is 0. The van der Waals surface area contributed by atoms with Crippen molar-refractivity contribution in [3.8, 4) is 0 Å². The molecular weight excluding hydrogens is 316 g/mol. The third-order valence-corrected chi connectivity index (χ3v) is 4.10. The number of hydrogen-bond donors (Lipinski definition) is 0. The molecule has 26 heavy (non-hydrogen) atoms. The molecule has 0 aliphatic carbocycles. The van der Waals surface area contributed by atoms with Gasteiger partial charge in [0.2, 0.25) is 0 Å². The van der Waals surface area contributed by atoms with E-state index in [-0.39, 0.29) is 0 Å². The summed E-state index contributed by atoms with van der Waals surface area (Å²) in [6, 6.07) is 28.7. The highest BCUT2D eigenvalue weighted by atomic mass is 14.8. The molecule has 0 bridgehead atoms. The van der Waals surface area contributed by atoms with Crippen LogP contribution in [0.5, 0.6) is 0 Å². The van der Waals surface area contributed by atoms with Crippen molar-refractivity contribution in [1.82, 2.24) is 0 Å². The van der Waals surface area contributed by atoms with Gasteiger partial charge in [0.05, 0.1) is 18.0 Å². The van der Waals surface area contributed by atoms with Crippen LogP contribution >= 0.6 is 0 Å². The van der Waals surface area contributed by atoms with Crippen molar-refractivity contribution in [2.75, 3.05) is 0 Å². The van der Waals surface area contributed by atoms with Crippen LogP contribution < -0.4 is 0 Å². The molecule has 0 aromatic heterocycles. The summed E-state index contributed by atoms with van der Waals surface area (Å²) in [7, 11) is 0. The highest BCUT2D eigenvalue weighted by Gasteiger charge is 2.05. The van der Waals surface area contributed by atoms with Gasteiger partial charge in [-0.2, -0.15) is 0 Å². The molecule has 0 unspecified atom stereocenters. The van der Waals surface area contributed by atoms with E-state index in [4.69, 9.17) is 4.99 Å². The van der Waals surface area contributed by atoms with Crippen LogP contribution in [0.4, 0.5) is 0 Å². The molecule has 0 aliphatic heterocycles. The van der Waals surface area contributed by atoms with Crippen molar-refractivity contribution in [3.63, 3.8) is 0 Å². The lowest BCUT2D eigenvalue weighted by Gasteiger charge is -2.07. The summed E-state index contributed by atoms with van der Waals surface area (Å²) in [4.78, 5) is 9.10. The Morgan fingerprint density at radius 1 is 0.846 bits per heavy atom. The van der Waals surface area contributed by atoms with Crippen molar-refractivity contribution >= 4 is 18.1 Å². The Hall–Kier alpha value is -3.26. The Balaban J connectivity index is 2.02. The van der Waals surface area contributed by atoms with E-state index in [1.165, 1.54) is 11.1 Å². The molecule has 0 atom stereocenters. The van der Waals surface area contributed by atoms with Crippen LogP contribution in [0.3, 0.4) is 0 Å². The van der Waals surface area contributed by atoms with Gasteiger partial charge < -0.3 is 0 Å². The molecule has 0 saturated heterocycles. The van der Waals surface area contributed by atoms with Gasteiger partial charge in [0.15, 0.2) is 0 Å². The van der Waals surface area contributed by atoms with Crippen molar-refractivity contribution in [1.29, 1.82) is 0 Å². The normalized spacial score (nSPS) is 12.0. The zero-order valence-electron chi connectivity index (χ0n) is 15.0. The zero-order valence-corrected chi connectivity index (χ0v) is 15.0. The van der Waals surface area contributed by atoms with E-state index in [2.05, 4.69) is 55.0 Å². The minimum absolute atomic E-state index is 0.625. The quantitative estimate of drug-likeness (QED) is 0.513. The zero-order chi connectivity index (χ0) is 18.2. The number of allylic oxidation sites excluding steroid dienone is 1. The summed E-state index contributed by atoms with van der Waals surface area (Å²) < 4.78 is 0. The number of benzene rings is 3. The summed E-state index contributed by atoms with van der Waals surface area (Å²) in [5, 5.41) is 0. The lowest BCUT2D eigenvalue weighted by molar-refractivity contribution is 1.07. The minimum atomic E-state index is 0.625. The molecule has 0 amide bonds. The summed E-state index contributed by atoms with van der Waals surface area (Å²) in [6.07, 6.45) is 2.01. The monoisotopic (exact) mass is 338 g/mol. The van der Waals surface area contributed by atoms with Crippen LogP contribution in [0.15, 0.2) is 101 Å². The molecule has 0 saturated carbocycles. The molecule has 2 nitrogen and oxygen atoms in total. The van der Waals surface area contributed by atoms with E-state index < -0.39 is 0 Å². The lowest BCUT2D eigenvalue weighted by Crippen LogP contribution is -2.00. The largest absolute Gasteiger partial charge is 0.280 e. The highest BCUT2D eigenvalue weighted by molar-refractivity contribution is 6.12. The van der Waals surface area contributed by atoms with Gasteiger partial charge in [0.25, 0.3) is 0 Å². The molecule has 0 radical (unpaired) electrons. The first-order valence-electron chi connectivity index (χ1n) is 8.65. The van der Waals surface area contributed by atoms with Gasteiger partial charge in [0.1, 0.15) is 0 Å². The van der Waals surface area contributed by atoms with E-state index in [9.17, 15) is 0 Å². The molecule has 0 aliphatic rings. The molecule has 3 aromatic rings. The first-order chi connectivity index (χ1) is 12.8. The van der Waals surface area contributed by atoms with E-state index in [1.54, 1.807) is 0 Å². The molecule has 2 heteroatoms. The van der Waals surface area contributed by atoms with Gasteiger partial charge in [-0.3, -0.25) is 9.98 Å². The topological polar surface area (TPSA) is 24.7 Å². The van der Waals surface area contributed by atoms with Gasteiger partial charge in [-0.25, -0.2) is 0 Å². The Kier molecular flexibility index (Phi) is 5.89. The van der Waals surface area contributed by atoms with Crippen LogP contribution in [-0.2, 0) is 6.54 Å². The lowest BCUT2D eigenvalue weighted by atomic mass is 10.0. The maximum Gasteiger partial charge on any atom is 0.0716 e. The Bertz CT molecular complexity index is 923. The Labute approximate surface area is 155 Å². The van der Waals surface area contributed by atoms with Crippen molar-refractivity contribution in [2.45, 2.75) is 13.5 Å². The van der Waals surface area contributed by atoms with E-state index >= 15 is 0 Å². The third kappa shape index (κ3) is 4.64. The molecule has 3 rings (SSSR count). The van der Waals surface area contributed by atoms with Crippen molar-refractivity contribution < 1.29 is 0 Å². The predicted octanol–water partition coefficient (Wildman–Crippen LogP) is 5.73. The van der Waals surface area contributed by atoms with E-state index in [1.807, 2.05) is 54.6 Å². The number of nitrogens with zero attached hydrogens (tertiary/aromatic N) is 2. The van der Waals surface area contributed by atoms with Gasteiger partial charge in [-0.15, -0.1) is 0 Å². The molecular formula is C24H22N2. The molecule has 0 N–H and O–H groups in total. The van der Waals surface area contributed by atoms with E-state index in [0.717, 1.165) is 22.5 Å². The average Bonchev–Trinajstić information content (AvgIpc) is 2.70. The fourth-order valence-electron chi connectivity index (χ4n) is 2.74. The van der Waals surface area contributed by atoms with Gasteiger partial charge in [-0.05, 0) is 31.3 Å². The standard InChI is InChI=1S/C24H22N2/c1-19-10-9-15-22(16-19)24(26-18-20-11-5-3-6-12-20)17-23(25-2)21-13-7-4-8-14-21/h3-17H,2,18H2,1H3/b23-17-,26-24?. The number of rotatable bonds is 6. The van der Waals surface area contributed by atoms with Crippen LogP contribution in [-0.4, -0.2) is 12.4 Å². The highest BCUT2D eigenvalue weighted by Crippen LogP contribution is 2.18. The first-order valence-corrected chi connectivity index (χ1v) is 8.65. The maximum atomic E-state index is 4.87. The Morgan fingerprint density at radius 2 is 1.50 bits per heavy atom. The van der Waals surface area contributed by atoms with Gasteiger partial charge >= 0.3 is 0 Å². The first kappa shape index (κ1) is 17.6. The van der Waals surface area contributed by atoms with Crippen molar-refractivity contribution in [3.05, 3.63) is 113 Å². The summed E-state index contributed by atoms with van der Waals surface area (Å²) in [6.45, 7) is 6.46.